The maximum atomic E-state index is 13.7. The number of carbonyl (C=O) groups excluding carboxylic acids is 1. The van der Waals surface area contributed by atoms with Gasteiger partial charge in [-0.3, -0.25) is 4.79 Å². The molecule has 3 heterocycles. The van der Waals surface area contributed by atoms with E-state index in [1.807, 2.05) is 39.9 Å². The Balaban J connectivity index is 0.00000274. The van der Waals surface area contributed by atoms with E-state index in [1.54, 1.807) is 13.3 Å². The number of carbonyl (C=O) groups is 1. The molecule has 7 nitrogen and oxygen atoms in total. The van der Waals surface area contributed by atoms with Crippen LogP contribution in [0, 0.1) is 0 Å². The van der Waals surface area contributed by atoms with Crippen molar-refractivity contribution in [1.29, 1.82) is 0 Å². The van der Waals surface area contributed by atoms with Crippen LogP contribution >= 0.6 is 12.4 Å². The van der Waals surface area contributed by atoms with Crippen molar-refractivity contribution in [2.75, 3.05) is 51.3 Å². The van der Waals surface area contributed by atoms with Crippen molar-refractivity contribution in [3.63, 3.8) is 0 Å². The molecule has 180 valence electrons. The molecule has 0 spiro atoms. The predicted octanol–water partition coefficient (Wildman–Crippen LogP) is 3.73. The molecule has 0 unspecified atom stereocenters. The summed E-state index contributed by atoms with van der Waals surface area (Å²) in [5.74, 6) is 1.21. The van der Waals surface area contributed by atoms with Crippen LogP contribution in [0.15, 0.2) is 60.8 Å². The van der Waals surface area contributed by atoms with Crippen LogP contribution in [-0.2, 0) is 0 Å². The Morgan fingerprint density at radius 2 is 1.62 bits per heavy atom. The standard InChI is InChI=1S/C26H31N5O2.ClH/c1-33-23-9-7-22(8-10-23)31-25(20-11-13-27-14-12-20)24(19-28-31)26(32)30-17-15-29(16-18-30)21-5-3-2-4-6-21;/h2-10,19-20,27H,11-18H2,1H3;1H. The number of methoxy groups -OCH3 is 1. The summed E-state index contributed by atoms with van der Waals surface area (Å²) in [6.45, 7) is 5.03. The van der Waals surface area contributed by atoms with Crippen LogP contribution in [0.2, 0.25) is 0 Å². The highest BCUT2D eigenvalue weighted by molar-refractivity contribution is 5.95. The van der Waals surface area contributed by atoms with Gasteiger partial charge in [0.2, 0.25) is 0 Å². The van der Waals surface area contributed by atoms with Crippen molar-refractivity contribution >= 4 is 24.0 Å². The lowest BCUT2D eigenvalue weighted by atomic mass is 9.91. The first kappa shape index (κ1) is 24.1. The molecule has 0 saturated carbocycles. The third-order valence-electron chi connectivity index (χ3n) is 6.77. The fourth-order valence-electron chi connectivity index (χ4n) is 4.92. The molecule has 2 aliphatic rings. The molecule has 2 fully saturated rings. The van der Waals surface area contributed by atoms with Gasteiger partial charge in [0, 0.05) is 37.8 Å². The van der Waals surface area contributed by atoms with Crippen molar-refractivity contribution in [2.45, 2.75) is 18.8 Å². The number of rotatable bonds is 5. The lowest BCUT2D eigenvalue weighted by molar-refractivity contribution is 0.0744. The van der Waals surface area contributed by atoms with E-state index in [4.69, 9.17) is 9.84 Å². The van der Waals surface area contributed by atoms with Gasteiger partial charge in [-0.1, -0.05) is 18.2 Å². The molecule has 1 amide bonds. The number of ether oxygens (including phenoxy) is 1. The van der Waals surface area contributed by atoms with Gasteiger partial charge in [-0.25, -0.2) is 4.68 Å². The van der Waals surface area contributed by atoms with Gasteiger partial charge in [-0.15, -0.1) is 12.4 Å². The molecule has 34 heavy (non-hydrogen) atoms. The maximum Gasteiger partial charge on any atom is 0.257 e. The minimum Gasteiger partial charge on any atom is -0.497 e. The Bertz CT molecular complexity index is 1070. The summed E-state index contributed by atoms with van der Waals surface area (Å²) in [7, 11) is 1.66. The Morgan fingerprint density at radius 1 is 0.941 bits per heavy atom. The molecule has 1 N–H and O–H groups in total. The molecule has 5 rings (SSSR count). The number of hydrogen-bond acceptors (Lipinski definition) is 5. The van der Waals surface area contributed by atoms with Gasteiger partial charge in [-0.05, 0) is 62.3 Å². The number of benzene rings is 2. The molecular formula is C26H32ClN5O2. The van der Waals surface area contributed by atoms with Gasteiger partial charge in [0.15, 0.2) is 0 Å². The van der Waals surface area contributed by atoms with E-state index < -0.39 is 0 Å². The van der Waals surface area contributed by atoms with E-state index in [1.165, 1.54) is 5.69 Å². The van der Waals surface area contributed by atoms with Gasteiger partial charge < -0.3 is 19.9 Å². The number of halogens is 1. The average Bonchev–Trinajstić information content (AvgIpc) is 3.34. The van der Waals surface area contributed by atoms with Crippen LogP contribution < -0.4 is 15.0 Å². The number of nitrogens with one attached hydrogen (secondary N) is 1. The minimum absolute atomic E-state index is 0. The zero-order chi connectivity index (χ0) is 22.6. The number of para-hydroxylation sites is 1. The lowest BCUT2D eigenvalue weighted by Crippen LogP contribution is -2.49. The predicted molar refractivity (Wildman–Crippen MR) is 137 cm³/mol. The zero-order valence-corrected chi connectivity index (χ0v) is 20.3. The topological polar surface area (TPSA) is 62.6 Å². The van der Waals surface area contributed by atoms with E-state index in [0.717, 1.165) is 61.7 Å². The summed E-state index contributed by atoms with van der Waals surface area (Å²) in [4.78, 5) is 18.0. The molecule has 2 aromatic carbocycles. The molecule has 8 heteroatoms. The highest BCUT2D eigenvalue weighted by Gasteiger charge is 2.30. The number of piperazine rings is 1. The first-order chi connectivity index (χ1) is 16.2. The van der Waals surface area contributed by atoms with Gasteiger partial charge in [-0.2, -0.15) is 5.10 Å². The van der Waals surface area contributed by atoms with Crippen LogP contribution in [0.5, 0.6) is 5.75 Å². The fourth-order valence-corrected chi connectivity index (χ4v) is 4.92. The third kappa shape index (κ3) is 4.91. The molecule has 0 aliphatic carbocycles. The van der Waals surface area contributed by atoms with Crippen LogP contribution in [0.3, 0.4) is 0 Å². The monoisotopic (exact) mass is 481 g/mol. The highest BCUT2D eigenvalue weighted by atomic mass is 35.5. The minimum atomic E-state index is 0. The Kier molecular flexibility index (Phi) is 7.75. The number of aromatic nitrogens is 2. The SMILES string of the molecule is COc1ccc(-n2ncc(C(=O)N3CCN(c4ccccc4)CC3)c2C2CCNCC2)cc1.Cl. The molecule has 2 aliphatic heterocycles. The molecule has 2 saturated heterocycles. The summed E-state index contributed by atoms with van der Waals surface area (Å²) < 4.78 is 7.27. The van der Waals surface area contributed by atoms with Gasteiger partial charge in [0.05, 0.1) is 30.3 Å². The number of amides is 1. The van der Waals surface area contributed by atoms with E-state index in [0.29, 0.717) is 19.0 Å². The molecule has 0 bridgehead atoms. The number of nitrogens with zero attached hydrogens (tertiary/aromatic N) is 4. The third-order valence-corrected chi connectivity index (χ3v) is 6.77. The first-order valence-electron chi connectivity index (χ1n) is 11.8. The van der Waals surface area contributed by atoms with Crippen LogP contribution in [-0.4, -0.2) is 67.0 Å². The summed E-state index contributed by atoms with van der Waals surface area (Å²) >= 11 is 0. The number of anilines is 1. The lowest BCUT2D eigenvalue weighted by Gasteiger charge is -2.36. The van der Waals surface area contributed by atoms with E-state index in [9.17, 15) is 4.79 Å². The smallest absolute Gasteiger partial charge is 0.257 e. The molecule has 1 aromatic heterocycles. The highest BCUT2D eigenvalue weighted by Crippen LogP contribution is 2.31. The van der Waals surface area contributed by atoms with Gasteiger partial charge >= 0.3 is 0 Å². The average molecular weight is 482 g/mol. The first-order valence-corrected chi connectivity index (χ1v) is 11.8. The van der Waals surface area contributed by atoms with Crippen molar-refractivity contribution in [3.05, 3.63) is 72.1 Å². The van der Waals surface area contributed by atoms with Crippen molar-refractivity contribution in [3.8, 4) is 11.4 Å². The Hall–Kier alpha value is -3.03. The van der Waals surface area contributed by atoms with Crippen LogP contribution in [0.4, 0.5) is 5.69 Å². The molecular weight excluding hydrogens is 450 g/mol. The van der Waals surface area contributed by atoms with Gasteiger partial charge in [0.25, 0.3) is 5.91 Å². The van der Waals surface area contributed by atoms with Gasteiger partial charge in [0.1, 0.15) is 5.75 Å². The quantitative estimate of drug-likeness (QED) is 0.601. The molecule has 0 radical (unpaired) electrons. The number of piperidine rings is 1. The van der Waals surface area contributed by atoms with Crippen molar-refractivity contribution in [2.24, 2.45) is 0 Å². The Morgan fingerprint density at radius 3 is 2.26 bits per heavy atom. The summed E-state index contributed by atoms with van der Waals surface area (Å²) in [6, 6.07) is 18.3. The van der Waals surface area contributed by atoms with Crippen LogP contribution in [0.25, 0.3) is 5.69 Å². The van der Waals surface area contributed by atoms with E-state index in [2.05, 4.69) is 34.5 Å². The largest absolute Gasteiger partial charge is 0.497 e. The summed E-state index contributed by atoms with van der Waals surface area (Å²) in [5.41, 5.74) is 3.95. The molecule has 3 aromatic rings. The Labute approximate surface area is 207 Å². The summed E-state index contributed by atoms with van der Waals surface area (Å²) in [5, 5.41) is 8.13. The van der Waals surface area contributed by atoms with Crippen molar-refractivity contribution in [1.82, 2.24) is 20.0 Å². The van der Waals surface area contributed by atoms with Crippen molar-refractivity contribution < 1.29 is 9.53 Å². The fraction of sp³-hybridized carbons (Fsp3) is 0.385. The zero-order valence-electron chi connectivity index (χ0n) is 19.5. The van der Waals surface area contributed by atoms with Crippen LogP contribution in [0.1, 0.15) is 34.8 Å². The van der Waals surface area contributed by atoms with E-state index >= 15 is 0 Å². The maximum absolute atomic E-state index is 13.7. The molecule has 0 atom stereocenters. The normalized spacial score (nSPS) is 16.7. The second-order valence-corrected chi connectivity index (χ2v) is 8.69. The number of hydrogen-bond donors (Lipinski definition) is 1. The second kappa shape index (κ2) is 10.9. The summed E-state index contributed by atoms with van der Waals surface area (Å²) in [6.07, 6.45) is 3.78. The second-order valence-electron chi connectivity index (χ2n) is 8.69. The van der Waals surface area contributed by atoms with E-state index in [-0.39, 0.29) is 18.3 Å².